The van der Waals surface area contributed by atoms with Gasteiger partial charge in [0.15, 0.2) is 10.1 Å². The zero-order valence-corrected chi connectivity index (χ0v) is 24.9. The van der Waals surface area contributed by atoms with E-state index in [0.29, 0.717) is 49.9 Å². The van der Waals surface area contributed by atoms with Crippen LogP contribution in [0.1, 0.15) is 43.7 Å². The summed E-state index contributed by atoms with van der Waals surface area (Å²) in [5.74, 6) is -1.35. The molecular weight excluding hydrogens is 583 g/mol. The fourth-order valence-corrected chi connectivity index (χ4v) is 7.07. The third-order valence-corrected chi connectivity index (χ3v) is 9.37. The van der Waals surface area contributed by atoms with E-state index in [4.69, 9.17) is 17.3 Å². The highest BCUT2D eigenvalue weighted by Gasteiger charge is 2.45. The van der Waals surface area contributed by atoms with Crippen molar-refractivity contribution in [2.45, 2.75) is 43.9 Å². The van der Waals surface area contributed by atoms with Crippen molar-refractivity contribution < 1.29 is 14.0 Å². The van der Waals surface area contributed by atoms with E-state index in [1.807, 2.05) is 19.9 Å². The molecule has 1 atom stereocenters. The summed E-state index contributed by atoms with van der Waals surface area (Å²) in [6.07, 6.45) is 0.836. The fraction of sp³-hybridized carbons (Fsp3) is 0.276. The Morgan fingerprint density at radius 2 is 2.05 bits per heavy atom. The summed E-state index contributed by atoms with van der Waals surface area (Å²) in [5, 5.41) is 22.3. The lowest BCUT2D eigenvalue weighted by Gasteiger charge is -2.42. The standard InChI is InChI=1S/C29H26ClFN6O2S2/c1-15-8-9-16(31)10-20(15)34-23(39)14-40-28-36-35-27(41-28)37-21-11-29(2,3)12-22(38)25(21)24(18(13-32)26(37)33)17-6-4-5-7-19(17)30/h4-10,24H,11-12,14,33H2,1-3H3,(H,34,39). The van der Waals surface area contributed by atoms with Gasteiger partial charge in [-0.2, -0.15) is 5.26 Å². The van der Waals surface area contributed by atoms with Gasteiger partial charge < -0.3 is 11.1 Å². The minimum atomic E-state index is -0.694. The molecule has 0 fully saturated rings. The number of carbonyl (C=O) groups is 2. The summed E-state index contributed by atoms with van der Waals surface area (Å²) in [5.41, 5.74) is 9.46. The quantitative estimate of drug-likeness (QED) is 0.312. The molecule has 1 amide bonds. The van der Waals surface area contributed by atoms with Crippen LogP contribution in [0.5, 0.6) is 0 Å². The molecule has 210 valence electrons. The number of nitriles is 1. The minimum Gasteiger partial charge on any atom is -0.384 e. The van der Waals surface area contributed by atoms with Gasteiger partial charge in [0.1, 0.15) is 11.6 Å². The summed E-state index contributed by atoms with van der Waals surface area (Å²) in [6, 6.07) is 13.6. The minimum absolute atomic E-state index is 0.0212. The first-order valence-corrected chi connectivity index (χ1v) is 14.9. The first-order valence-electron chi connectivity index (χ1n) is 12.7. The number of carbonyl (C=O) groups excluding carboxylic acids is 2. The number of Topliss-reactive ketones (excluding diaryl/α,β-unsaturated/α-hetero) is 1. The van der Waals surface area contributed by atoms with Crippen LogP contribution in [-0.2, 0) is 9.59 Å². The third-order valence-electron chi connectivity index (χ3n) is 6.98. The number of anilines is 2. The van der Waals surface area contributed by atoms with E-state index in [-0.39, 0.29) is 34.3 Å². The maximum absolute atomic E-state index is 13.7. The highest BCUT2D eigenvalue weighted by molar-refractivity contribution is 8.01. The van der Waals surface area contributed by atoms with E-state index in [1.165, 1.54) is 35.2 Å². The smallest absolute Gasteiger partial charge is 0.234 e. The number of rotatable bonds is 6. The molecule has 1 aliphatic carbocycles. The number of aryl methyl sites for hydroxylation is 1. The number of nitrogens with zero attached hydrogens (tertiary/aromatic N) is 4. The van der Waals surface area contributed by atoms with Crippen LogP contribution in [0.3, 0.4) is 0 Å². The predicted molar refractivity (Wildman–Crippen MR) is 159 cm³/mol. The molecule has 8 nitrogen and oxygen atoms in total. The van der Waals surface area contributed by atoms with Gasteiger partial charge in [-0.25, -0.2) is 4.39 Å². The lowest BCUT2D eigenvalue weighted by atomic mass is 9.68. The third kappa shape index (κ3) is 5.73. The second kappa shape index (κ2) is 11.3. The Kier molecular flexibility index (Phi) is 7.92. The SMILES string of the molecule is Cc1ccc(F)cc1NC(=O)CSc1nnc(N2C(N)=C(C#N)C(c3ccccc3Cl)C3=C2CC(C)(C)CC3=O)s1. The van der Waals surface area contributed by atoms with Gasteiger partial charge in [-0.15, -0.1) is 10.2 Å². The van der Waals surface area contributed by atoms with E-state index < -0.39 is 11.7 Å². The van der Waals surface area contributed by atoms with Gasteiger partial charge in [-0.3, -0.25) is 14.5 Å². The van der Waals surface area contributed by atoms with Crippen molar-refractivity contribution in [3.8, 4) is 6.07 Å². The number of amides is 1. The van der Waals surface area contributed by atoms with Crippen LogP contribution in [0.4, 0.5) is 15.2 Å². The molecule has 2 heterocycles. The highest BCUT2D eigenvalue weighted by atomic mass is 35.5. The first kappa shape index (κ1) is 28.8. The lowest BCUT2D eigenvalue weighted by Crippen LogP contribution is -2.42. The van der Waals surface area contributed by atoms with E-state index in [0.717, 1.165) is 5.56 Å². The van der Waals surface area contributed by atoms with Crippen molar-refractivity contribution in [3.05, 3.63) is 87.1 Å². The maximum atomic E-state index is 13.7. The Morgan fingerprint density at radius 3 is 2.78 bits per heavy atom. The molecule has 3 aromatic rings. The zero-order valence-electron chi connectivity index (χ0n) is 22.5. The number of nitrogens with two attached hydrogens (primary N) is 1. The lowest BCUT2D eigenvalue weighted by molar-refractivity contribution is -0.118. The maximum Gasteiger partial charge on any atom is 0.234 e. The van der Waals surface area contributed by atoms with Crippen LogP contribution in [0, 0.1) is 29.5 Å². The Morgan fingerprint density at radius 1 is 1.29 bits per heavy atom. The molecule has 0 bridgehead atoms. The molecule has 12 heteroatoms. The van der Waals surface area contributed by atoms with Gasteiger partial charge in [-0.05, 0) is 48.1 Å². The Bertz CT molecular complexity index is 1680. The van der Waals surface area contributed by atoms with E-state index in [1.54, 1.807) is 36.1 Å². The molecule has 41 heavy (non-hydrogen) atoms. The molecular formula is C29H26ClFN6O2S2. The second-order valence-corrected chi connectivity index (χ2v) is 13.2. The molecule has 0 spiro atoms. The van der Waals surface area contributed by atoms with Crippen LogP contribution in [0.15, 0.2) is 69.5 Å². The Labute approximate surface area is 250 Å². The van der Waals surface area contributed by atoms with Crippen LogP contribution in [0.25, 0.3) is 0 Å². The van der Waals surface area contributed by atoms with Gasteiger partial charge in [0.05, 0.1) is 23.3 Å². The largest absolute Gasteiger partial charge is 0.384 e. The van der Waals surface area contributed by atoms with Gasteiger partial charge in [0.2, 0.25) is 11.0 Å². The number of aromatic nitrogens is 2. The summed E-state index contributed by atoms with van der Waals surface area (Å²) in [7, 11) is 0. The Hall–Kier alpha value is -3.72. The summed E-state index contributed by atoms with van der Waals surface area (Å²) in [6.45, 7) is 5.80. The molecule has 1 aliphatic heterocycles. The van der Waals surface area contributed by atoms with Gasteiger partial charge in [-0.1, -0.05) is 72.8 Å². The van der Waals surface area contributed by atoms with Crippen molar-refractivity contribution >= 4 is 57.2 Å². The fourth-order valence-electron chi connectivity index (χ4n) is 5.14. The van der Waals surface area contributed by atoms with Gasteiger partial charge in [0.25, 0.3) is 0 Å². The normalized spacial score (nSPS) is 18.3. The number of hydrogen-bond donors (Lipinski definition) is 2. The number of allylic oxidation sites excluding steroid dienone is 3. The molecule has 1 unspecified atom stereocenters. The molecule has 1 aromatic heterocycles. The van der Waals surface area contributed by atoms with E-state index in [2.05, 4.69) is 21.6 Å². The van der Waals surface area contributed by atoms with Crippen LogP contribution < -0.4 is 16.0 Å². The molecule has 0 radical (unpaired) electrons. The second-order valence-electron chi connectivity index (χ2n) is 10.6. The molecule has 0 saturated carbocycles. The number of benzene rings is 2. The first-order chi connectivity index (χ1) is 19.5. The number of thioether (sulfide) groups is 1. The van der Waals surface area contributed by atoms with Crippen molar-refractivity contribution in [2.24, 2.45) is 11.1 Å². The van der Waals surface area contributed by atoms with Crippen molar-refractivity contribution in [1.82, 2.24) is 10.2 Å². The summed E-state index contributed by atoms with van der Waals surface area (Å²) < 4.78 is 14.1. The molecule has 0 saturated heterocycles. The molecule has 5 rings (SSSR count). The number of ketones is 1. The highest BCUT2D eigenvalue weighted by Crippen LogP contribution is 2.51. The molecule has 2 aliphatic rings. The number of hydrogen-bond acceptors (Lipinski definition) is 9. The van der Waals surface area contributed by atoms with Crippen molar-refractivity contribution in [3.63, 3.8) is 0 Å². The number of nitrogens with one attached hydrogen (secondary N) is 1. The predicted octanol–water partition coefficient (Wildman–Crippen LogP) is 6.31. The van der Waals surface area contributed by atoms with Gasteiger partial charge in [0, 0.05) is 28.4 Å². The van der Waals surface area contributed by atoms with Crippen LogP contribution in [-0.4, -0.2) is 27.6 Å². The van der Waals surface area contributed by atoms with Crippen LogP contribution >= 0.6 is 34.7 Å². The Balaban J connectivity index is 1.47. The average Bonchev–Trinajstić information content (AvgIpc) is 3.37. The van der Waals surface area contributed by atoms with E-state index >= 15 is 0 Å². The van der Waals surface area contributed by atoms with Crippen LogP contribution in [0.2, 0.25) is 5.02 Å². The van der Waals surface area contributed by atoms with Crippen molar-refractivity contribution in [2.75, 3.05) is 16.0 Å². The molecule has 3 N–H and O–H groups in total. The molecule has 2 aromatic carbocycles. The summed E-state index contributed by atoms with van der Waals surface area (Å²) in [4.78, 5) is 27.9. The zero-order chi connectivity index (χ0) is 29.5. The van der Waals surface area contributed by atoms with E-state index in [9.17, 15) is 19.2 Å². The van der Waals surface area contributed by atoms with Crippen molar-refractivity contribution in [1.29, 1.82) is 5.26 Å². The summed E-state index contributed by atoms with van der Waals surface area (Å²) >= 11 is 8.92. The average molecular weight is 609 g/mol. The topological polar surface area (TPSA) is 125 Å². The van der Waals surface area contributed by atoms with Gasteiger partial charge >= 0.3 is 0 Å². The number of halogens is 2. The monoisotopic (exact) mass is 608 g/mol.